The highest BCUT2D eigenvalue weighted by molar-refractivity contribution is 7.99. The van der Waals surface area contributed by atoms with Crippen molar-refractivity contribution in [3.05, 3.63) is 53.0 Å². The van der Waals surface area contributed by atoms with Crippen molar-refractivity contribution >= 4 is 11.8 Å². The molecule has 0 saturated heterocycles. The summed E-state index contributed by atoms with van der Waals surface area (Å²) in [5.41, 5.74) is -1.29. The average molecular weight is 356 g/mol. The van der Waals surface area contributed by atoms with Gasteiger partial charge in [-0.05, 0) is 37.3 Å². The lowest BCUT2D eigenvalue weighted by Crippen LogP contribution is -2.11. The van der Waals surface area contributed by atoms with Crippen molar-refractivity contribution in [1.29, 1.82) is 5.26 Å². The molecule has 0 aliphatic carbocycles. The van der Waals surface area contributed by atoms with Gasteiger partial charge in [0.05, 0.1) is 17.7 Å². The summed E-state index contributed by atoms with van der Waals surface area (Å²) in [5.74, 6) is 0.351. The van der Waals surface area contributed by atoms with Crippen molar-refractivity contribution in [3.63, 3.8) is 0 Å². The molecule has 0 aliphatic heterocycles. The molecule has 0 amide bonds. The summed E-state index contributed by atoms with van der Waals surface area (Å²) in [7, 11) is 0. The number of aryl methyl sites for hydroxylation is 1. The summed E-state index contributed by atoms with van der Waals surface area (Å²) >= 11 is 1.01. The van der Waals surface area contributed by atoms with Crippen LogP contribution in [0.25, 0.3) is 0 Å². The van der Waals surface area contributed by atoms with E-state index in [0.29, 0.717) is 11.5 Å². The van der Waals surface area contributed by atoms with Gasteiger partial charge in [-0.1, -0.05) is 0 Å². The van der Waals surface area contributed by atoms with E-state index in [0.717, 1.165) is 17.8 Å². The second-order valence-corrected chi connectivity index (χ2v) is 5.84. The van der Waals surface area contributed by atoms with Crippen molar-refractivity contribution in [3.8, 4) is 11.8 Å². The van der Waals surface area contributed by atoms with Gasteiger partial charge in [-0.3, -0.25) is 0 Å². The smallest absolute Gasteiger partial charge is 0.417 e. The lowest BCUT2D eigenvalue weighted by atomic mass is 10.1. The molecule has 0 aliphatic rings. The molecule has 0 spiro atoms. The van der Waals surface area contributed by atoms with Gasteiger partial charge >= 0.3 is 6.18 Å². The second-order valence-electron chi connectivity index (χ2n) is 4.75. The molecular weight excluding hydrogens is 344 g/mol. The molecule has 2 rings (SSSR count). The second kappa shape index (κ2) is 7.53. The predicted octanol–water partition coefficient (Wildman–Crippen LogP) is 4.59. The highest BCUT2D eigenvalue weighted by atomic mass is 32.2. The molecule has 126 valence electrons. The van der Waals surface area contributed by atoms with Crippen LogP contribution in [0.15, 0.2) is 35.4 Å². The number of ether oxygens (including phenoxy) is 1. The maximum Gasteiger partial charge on any atom is 0.417 e. The van der Waals surface area contributed by atoms with E-state index in [-0.39, 0.29) is 23.1 Å². The number of hydrogen-bond acceptors (Lipinski definition) is 4. The minimum absolute atomic E-state index is 0.0209. The van der Waals surface area contributed by atoms with Crippen LogP contribution >= 0.6 is 11.8 Å². The molecular formula is C16H12F4N2OS. The van der Waals surface area contributed by atoms with Gasteiger partial charge in [0.1, 0.15) is 22.7 Å². The summed E-state index contributed by atoms with van der Waals surface area (Å²) in [5, 5.41) is 9.06. The Labute approximate surface area is 140 Å². The molecule has 0 radical (unpaired) electrons. The fraction of sp³-hybridized carbons (Fsp3) is 0.250. The van der Waals surface area contributed by atoms with E-state index in [1.165, 1.54) is 31.2 Å². The van der Waals surface area contributed by atoms with Crippen molar-refractivity contribution in [2.24, 2.45) is 0 Å². The monoisotopic (exact) mass is 356 g/mol. The lowest BCUT2D eigenvalue weighted by Gasteiger charge is -2.13. The molecule has 8 heteroatoms. The Balaban J connectivity index is 2.05. The number of pyridine rings is 1. The highest BCUT2D eigenvalue weighted by Crippen LogP contribution is 2.35. The third-order valence-electron chi connectivity index (χ3n) is 2.94. The van der Waals surface area contributed by atoms with Crippen LogP contribution in [0.5, 0.6) is 5.75 Å². The first-order chi connectivity index (χ1) is 11.3. The zero-order valence-electron chi connectivity index (χ0n) is 12.5. The molecule has 1 aromatic carbocycles. The van der Waals surface area contributed by atoms with Crippen LogP contribution in [0.3, 0.4) is 0 Å². The topological polar surface area (TPSA) is 45.9 Å². The molecule has 1 heterocycles. The molecule has 0 bridgehead atoms. The third-order valence-corrected chi connectivity index (χ3v) is 3.88. The van der Waals surface area contributed by atoms with Gasteiger partial charge in [-0.15, -0.1) is 11.8 Å². The van der Waals surface area contributed by atoms with Gasteiger partial charge < -0.3 is 4.74 Å². The number of alkyl halides is 3. The Bertz CT molecular complexity index is 754. The van der Waals surface area contributed by atoms with Crippen molar-refractivity contribution < 1.29 is 22.3 Å². The van der Waals surface area contributed by atoms with Crippen LogP contribution < -0.4 is 4.74 Å². The SMILES string of the molecule is Cc1cc(C(F)(F)F)c(C#N)c(SCCOc2ccc(F)cc2)n1. The molecule has 0 N–H and O–H groups in total. The number of aromatic nitrogens is 1. The van der Waals surface area contributed by atoms with Crippen LogP contribution in [0.1, 0.15) is 16.8 Å². The largest absolute Gasteiger partial charge is 0.493 e. The maximum atomic E-state index is 13.0. The quantitative estimate of drug-likeness (QED) is 0.447. The van der Waals surface area contributed by atoms with E-state index >= 15 is 0 Å². The zero-order valence-corrected chi connectivity index (χ0v) is 13.3. The fourth-order valence-electron chi connectivity index (χ4n) is 1.91. The van der Waals surface area contributed by atoms with Crippen LogP contribution in [0, 0.1) is 24.1 Å². The van der Waals surface area contributed by atoms with E-state index in [1.54, 1.807) is 6.07 Å². The average Bonchev–Trinajstić information content (AvgIpc) is 2.52. The van der Waals surface area contributed by atoms with Crippen LogP contribution in [-0.4, -0.2) is 17.3 Å². The zero-order chi connectivity index (χ0) is 17.7. The molecule has 2 aromatic rings. The molecule has 0 unspecified atom stereocenters. The first-order valence-corrected chi connectivity index (χ1v) is 7.80. The molecule has 24 heavy (non-hydrogen) atoms. The number of halogens is 4. The minimum atomic E-state index is -4.61. The van der Waals surface area contributed by atoms with E-state index in [9.17, 15) is 17.6 Å². The van der Waals surface area contributed by atoms with Crippen molar-refractivity contribution in [2.45, 2.75) is 18.1 Å². The van der Waals surface area contributed by atoms with Crippen LogP contribution in [-0.2, 0) is 6.18 Å². The van der Waals surface area contributed by atoms with Crippen LogP contribution in [0.2, 0.25) is 0 Å². The Kier molecular flexibility index (Phi) is 5.67. The first-order valence-electron chi connectivity index (χ1n) is 6.81. The number of rotatable bonds is 5. The van der Waals surface area contributed by atoms with Gasteiger partial charge in [0.15, 0.2) is 0 Å². The summed E-state index contributed by atoms with van der Waals surface area (Å²) in [4.78, 5) is 4.01. The maximum absolute atomic E-state index is 13.0. The van der Waals surface area contributed by atoms with Gasteiger partial charge in [0.25, 0.3) is 0 Å². The molecule has 0 saturated carbocycles. The molecule has 0 fully saturated rings. The molecule has 3 nitrogen and oxygen atoms in total. The standard InChI is InChI=1S/C16H12F4N2OS/c1-10-8-14(16(18,19)20)13(9-21)15(22-10)24-7-6-23-12-4-2-11(17)3-5-12/h2-5,8H,6-7H2,1H3. The number of hydrogen-bond donors (Lipinski definition) is 0. The number of nitrogens with zero attached hydrogens (tertiary/aromatic N) is 2. The van der Waals surface area contributed by atoms with E-state index in [1.807, 2.05) is 0 Å². The van der Waals surface area contributed by atoms with Crippen molar-refractivity contribution in [2.75, 3.05) is 12.4 Å². The Hall–Kier alpha value is -2.27. The third kappa shape index (κ3) is 4.61. The fourth-order valence-corrected chi connectivity index (χ4v) is 2.78. The normalized spacial score (nSPS) is 11.2. The van der Waals surface area contributed by atoms with Gasteiger partial charge in [-0.25, -0.2) is 9.37 Å². The highest BCUT2D eigenvalue weighted by Gasteiger charge is 2.35. The Morgan fingerprint density at radius 2 is 1.92 bits per heavy atom. The predicted molar refractivity (Wildman–Crippen MR) is 81.3 cm³/mol. The Morgan fingerprint density at radius 1 is 1.25 bits per heavy atom. The number of nitriles is 1. The first kappa shape index (κ1) is 18.1. The minimum Gasteiger partial charge on any atom is -0.493 e. The number of benzene rings is 1. The van der Waals surface area contributed by atoms with Gasteiger partial charge in [0, 0.05) is 11.4 Å². The lowest BCUT2D eigenvalue weighted by molar-refractivity contribution is -0.138. The summed E-state index contributed by atoms with van der Waals surface area (Å²) in [6, 6.07) is 7.83. The van der Waals surface area contributed by atoms with Gasteiger partial charge in [0.2, 0.25) is 0 Å². The van der Waals surface area contributed by atoms with Crippen molar-refractivity contribution in [1.82, 2.24) is 4.98 Å². The summed E-state index contributed by atoms with van der Waals surface area (Å²) in [6.45, 7) is 1.62. The van der Waals surface area contributed by atoms with Gasteiger partial charge in [-0.2, -0.15) is 18.4 Å². The van der Waals surface area contributed by atoms with E-state index in [2.05, 4.69) is 4.98 Å². The van der Waals surface area contributed by atoms with E-state index < -0.39 is 17.3 Å². The van der Waals surface area contributed by atoms with Crippen LogP contribution in [0.4, 0.5) is 17.6 Å². The summed E-state index contributed by atoms with van der Waals surface area (Å²) in [6.07, 6.45) is -4.61. The molecule has 1 aromatic heterocycles. The number of thioether (sulfide) groups is 1. The van der Waals surface area contributed by atoms with E-state index in [4.69, 9.17) is 10.00 Å². The molecule has 0 atom stereocenters. The summed E-state index contributed by atoms with van der Waals surface area (Å²) < 4.78 is 57.1. The Morgan fingerprint density at radius 3 is 2.50 bits per heavy atom.